The molecule has 51 heavy (non-hydrogen) atoms. The number of nitrogens with zero attached hydrogens (tertiary/aromatic N) is 7. The van der Waals surface area contributed by atoms with Crippen LogP contribution in [0.5, 0.6) is 0 Å². The molecule has 0 radical (unpaired) electrons. The molecule has 1 aliphatic heterocycles. The second kappa shape index (κ2) is 20.8. The molecule has 5 rings (SSSR count). The largest absolute Gasteiger partial charge is 0.372 e. The van der Waals surface area contributed by atoms with Crippen LogP contribution in [0.3, 0.4) is 0 Å². The molecule has 1 aromatic heterocycles. The zero-order chi connectivity index (χ0) is 37.4. The van der Waals surface area contributed by atoms with E-state index in [1.807, 2.05) is 32.1 Å². The molecule has 0 spiro atoms. The first-order valence-corrected chi connectivity index (χ1v) is 19.7. The van der Waals surface area contributed by atoms with E-state index in [1.165, 1.54) is 68.2 Å². The Balaban J connectivity index is 0.000000279. The maximum Gasteiger partial charge on any atom is 0.137 e. The lowest BCUT2D eigenvalue weighted by Gasteiger charge is -2.43. The van der Waals surface area contributed by atoms with Gasteiger partial charge in [-0.1, -0.05) is 103 Å². The van der Waals surface area contributed by atoms with Crippen molar-refractivity contribution in [3.63, 3.8) is 0 Å². The Labute approximate surface area is 311 Å². The van der Waals surface area contributed by atoms with E-state index < -0.39 is 0 Å². The molecule has 0 saturated heterocycles. The number of benzene rings is 2. The summed E-state index contributed by atoms with van der Waals surface area (Å²) in [4.78, 5) is 8.63. The maximum atomic E-state index is 4.46. The number of hydrogen-bond donors (Lipinski definition) is 0. The Bertz CT molecular complexity index is 1470. The van der Waals surface area contributed by atoms with Gasteiger partial charge in [0.15, 0.2) is 0 Å². The predicted octanol–water partition coefficient (Wildman–Crippen LogP) is 11.1. The summed E-state index contributed by atoms with van der Waals surface area (Å²) in [7, 11) is 1.90. The number of allylic oxidation sites excluding steroid dienone is 2. The first-order valence-electron chi connectivity index (χ1n) is 19.7. The molecular weight excluding hydrogens is 627 g/mol. The van der Waals surface area contributed by atoms with Crippen LogP contribution in [-0.4, -0.2) is 46.2 Å². The molecule has 1 aliphatic carbocycles. The smallest absolute Gasteiger partial charge is 0.137 e. The molecule has 0 N–H and O–H groups in total. The van der Waals surface area contributed by atoms with Crippen molar-refractivity contribution in [3.05, 3.63) is 96.4 Å². The van der Waals surface area contributed by atoms with Crippen LogP contribution in [0.4, 0.5) is 11.4 Å². The van der Waals surface area contributed by atoms with Crippen LogP contribution in [0.1, 0.15) is 111 Å². The highest BCUT2D eigenvalue weighted by Gasteiger charge is 2.39. The van der Waals surface area contributed by atoms with Crippen molar-refractivity contribution >= 4 is 17.7 Å². The van der Waals surface area contributed by atoms with Crippen molar-refractivity contribution in [1.29, 1.82) is 0 Å². The molecule has 7 heteroatoms. The minimum absolute atomic E-state index is 0.211. The Morgan fingerprint density at radius 1 is 0.961 bits per heavy atom. The monoisotopic (exact) mass is 696 g/mol. The van der Waals surface area contributed by atoms with Gasteiger partial charge in [0.05, 0.1) is 0 Å². The van der Waals surface area contributed by atoms with Gasteiger partial charge >= 0.3 is 0 Å². The van der Waals surface area contributed by atoms with Gasteiger partial charge < -0.3 is 4.90 Å². The van der Waals surface area contributed by atoms with Crippen LogP contribution in [0, 0.1) is 30.1 Å². The minimum atomic E-state index is 0.211. The number of rotatable bonds is 15. The van der Waals surface area contributed by atoms with Crippen LogP contribution in [-0.2, 0) is 13.0 Å². The van der Waals surface area contributed by atoms with Crippen molar-refractivity contribution in [3.8, 4) is 0 Å². The molecule has 4 atom stereocenters. The second-order valence-corrected chi connectivity index (χ2v) is 14.8. The third-order valence-electron chi connectivity index (χ3n) is 10.6. The molecule has 2 aliphatic rings. The normalized spacial score (nSPS) is 18.6. The van der Waals surface area contributed by atoms with E-state index in [2.05, 4.69) is 134 Å². The third-order valence-corrected chi connectivity index (χ3v) is 10.6. The number of aryl methyl sites for hydroxylation is 2. The van der Waals surface area contributed by atoms with Gasteiger partial charge in [-0.15, -0.1) is 0 Å². The summed E-state index contributed by atoms with van der Waals surface area (Å²) < 4.78 is 2.05. The van der Waals surface area contributed by atoms with E-state index in [0.29, 0.717) is 11.8 Å². The number of aromatic nitrogens is 3. The first kappa shape index (κ1) is 41.5. The molecule has 3 unspecified atom stereocenters. The lowest BCUT2D eigenvalue weighted by molar-refractivity contribution is 0.108. The highest BCUT2D eigenvalue weighted by molar-refractivity contribution is 5.85. The summed E-state index contributed by atoms with van der Waals surface area (Å²) in [6, 6.07) is 17.7. The molecular formula is C44H69N7. The number of hydrogen-bond acceptors (Lipinski definition) is 6. The summed E-state index contributed by atoms with van der Waals surface area (Å²) in [5, 5.41) is 10.4. The van der Waals surface area contributed by atoms with Gasteiger partial charge in [0.1, 0.15) is 24.8 Å². The average molecular weight is 696 g/mol. The molecule has 3 aromatic rings. The van der Waals surface area contributed by atoms with Crippen LogP contribution < -0.4 is 9.80 Å². The fraction of sp³-hybridized carbons (Fsp3) is 0.568. The maximum absolute atomic E-state index is 4.46. The van der Waals surface area contributed by atoms with Crippen LogP contribution >= 0.6 is 0 Å². The van der Waals surface area contributed by atoms with Crippen molar-refractivity contribution in [2.24, 2.45) is 28.3 Å². The SMILES string of the molecule is C=C1N(C)N=CN1c1ccc(N(CCC)CCC)cc1.CC.CC[C@@H](CCc1ccc(C)cc1)CC(C)(Cn1cncn1)C1CCC(C)C=C1C. The van der Waals surface area contributed by atoms with Crippen molar-refractivity contribution < 1.29 is 0 Å². The summed E-state index contributed by atoms with van der Waals surface area (Å²) in [6.07, 6.45) is 17.7. The van der Waals surface area contributed by atoms with Gasteiger partial charge in [-0.3, -0.25) is 14.6 Å². The van der Waals surface area contributed by atoms with Gasteiger partial charge in [-0.05, 0) is 112 Å². The van der Waals surface area contributed by atoms with Gasteiger partial charge in [0.2, 0.25) is 0 Å². The van der Waals surface area contributed by atoms with Gasteiger partial charge in [0, 0.05) is 38.1 Å². The molecule has 0 fully saturated rings. The Morgan fingerprint density at radius 2 is 1.63 bits per heavy atom. The summed E-state index contributed by atoms with van der Waals surface area (Å²) >= 11 is 0. The van der Waals surface area contributed by atoms with Crippen molar-refractivity contribution in [1.82, 2.24) is 19.8 Å². The van der Waals surface area contributed by atoms with E-state index in [0.717, 1.165) is 37.1 Å². The highest BCUT2D eigenvalue weighted by Crippen LogP contribution is 2.46. The zero-order valence-corrected chi connectivity index (χ0v) is 33.8. The van der Waals surface area contributed by atoms with Crippen LogP contribution in [0.25, 0.3) is 0 Å². The Morgan fingerprint density at radius 3 is 2.16 bits per heavy atom. The lowest BCUT2D eigenvalue weighted by atomic mass is 9.63. The lowest BCUT2D eigenvalue weighted by Crippen LogP contribution is -2.37. The molecule has 0 saturated carbocycles. The Hall–Kier alpha value is -3.87. The van der Waals surface area contributed by atoms with E-state index in [4.69, 9.17) is 0 Å². The second-order valence-electron chi connectivity index (χ2n) is 14.8. The predicted molar refractivity (Wildman–Crippen MR) is 220 cm³/mol. The van der Waals surface area contributed by atoms with Crippen LogP contribution in [0.2, 0.25) is 0 Å². The quantitative estimate of drug-likeness (QED) is 0.148. The average Bonchev–Trinajstić information content (AvgIpc) is 3.77. The molecule has 0 bridgehead atoms. The van der Waals surface area contributed by atoms with Gasteiger partial charge in [-0.2, -0.15) is 10.2 Å². The summed E-state index contributed by atoms with van der Waals surface area (Å²) in [6.45, 7) is 27.4. The number of anilines is 2. The van der Waals surface area contributed by atoms with Crippen LogP contribution in [0.15, 0.2) is 90.3 Å². The van der Waals surface area contributed by atoms with Gasteiger partial charge in [0.25, 0.3) is 0 Å². The topological polar surface area (TPSA) is 52.8 Å². The van der Waals surface area contributed by atoms with E-state index in [9.17, 15) is 0 Å². The fourth-order valence-corrected chi connectivity index (χ4v) is 7.81. The fourth-order valence-electron chi connectivity index (χ4n) is 7.81. The van der Waals surface area contributed by atoms with Crippen molar-refractivity contribution in [2.45, 2.75) is 120 Å². The minimum Gasteiger partial charge on any atom is -0.372 e. The summed E-state index contributed by atoms with van der Waals surface area (Å²) in [5.74, 6) is 2.95. The standard InChI is InChI=1S/C26H39N3.C16H24N4.C2H6/c1-6-23(12-13-24-10-7-20(2)8-11-24)16-26(5,17-29-19-27-18-28-29)25-14-9-21(3)15-22(25)4;1-5-11-19(12-6-2)15-7-9-16(10-8-15)20-13-17-18(4)14(20)3;1-2/h7-8,10-11,15,18-19,21,23,25H,6,9,12-14,16-17H2,1-5H3;7-10,13H,3,5-6,11-12H2,1-2,4H3;1-2H3/t21?,23-,25?,26?;;/m0../s1. The molecule has 2 heterocycles. The van der Waals surface area contributed by atoms with E-state index in [1.54, 1.807) is 23.2 Å². The van der Waals surface area contributed by atoms with E-state index >= 15 is 0 Å². The summed E-state index contributed by atoms with van der Waals surface area (Å²) in [5.41, 5.74) is 6.99. The van der Waals surface area contributed by atoms with Crippen molar-refractivity contribution in [2.75, 3.05) is 29.9 Å². The third kappa shape index (κ3) is 12.1. The Kier molecular flexibility index (Phi) is 17.0. The molecule has 280 valence electrons. The first-order chi connectivity index (χ1) is 24.6. The molecule has 0 amide bonds. The zero-order valence-electron chi connectivity index (χ0n) is 33.8. The van der Waals surface area contributed by atoms with E-state index in [-0.39, 0.29) is 5.41 Å². The van der Waals surface area contributed by atoms with Gasteiger partial charge in [-0.25, -0.2) is 4.98 Å². The number of hydrazone groups is 1. The molecule has 2 aromatic carbocycles. The molecule has 7 nitrogen and oxygen atoms in total. The highest BCUT2D eigenvalue weighted by atomic mass is 15.6.